The van der Waals surface area contributed by atoms with Crippen molar-refractivity contribution in [1.29, 1.82) is 0 Å². The second-order valence-corrected chi connectivity index (χ2v) is 7.70. The summed E-state index contributed by atoms with van der Waals surface area (Å²) in [6.45, 7) is 15.6. The predicted octanol–water partition coefficient (Wildman–Crippen LogP) is 5.44. The summed E-state index contributed by atoms with van der Waals surface area (Å²) in [6, 6.07) is 6.53. The number of para-hydroxylation sites is 1. The fraction of sp³-hybridized carbons (Fsp3) is 0.632. The fourth-order valence-electron chi connectivity index (χ4n) is 3.53. The standard InChI is InChI=1S/C19H29NO/c1-12(2)14-10-9-11-15-16(14)20-17(18(5,6)7)19(15,21-8)13(3)4/h9-13H,1-8H3. The van der Waals surface area contributed by atoms with Crippen LogP contribution < -0.4 is 0 Å². The lowest BCUT2D eigenvalue weighted by Crippen LogP contribution is -2.46. The van der Waals surface area contributed by atoms with Crippen molar-refractivity contribution in [3.63, 3.8) is 0 Å². The minimum Gasteiger partial charge on any atom is -0.367 e. The van der Waals surface area contributed by atoms with E-state index >= 15 is 0 Å². The second-order valence-electron chi connectivity index (χ2n) is 7.70. The fourth-order valence-corrected chi connectivity index (χ4v) is 3.53. The van der Waals surface area contributed by atoms with Crippen LogP contribution in [-0.2, 0) is 10.3 Å². The Hall–Kier alpha value is -1.15. The molecule has 1 atom stereocenters. The number of aliphatic imine (C=N–C) groups is 1. The Labute approximate surface area is 129 Å². The maximum absolute atomic E-state index is 6.13. The van der Waals surface area contributed by atoms with Gasteiger partial charge in [0.15, 0.2) is 0 Å². The van der Waals surface area contributed by atoms with E-state index in [0.29, 0.717) is 11.8 Å². The Bertz CT molecular complexity index is 563. The lowest BCUT2D eigenvalue weighted by atomic mass is 9.71. The van der Waals surface area contributed by atoms with Gasteiger partial charge in [-0.05, 0) is 17.4 Å². The number of methoxy groups -OCH3 is 1. The van der Waals surface area contributed by atoms with Crippen LogP contribution in [0.5, 0.6) is 0 Å². The van der Waals surface area contributed by atoms with Crippen molar-refractivity contribution in [2.45, 2.75) is 60.0 Å². The van der Waals surface area contributed by atoms with Crippen molar-refractivity contribution < 1.29 is 4.74 Å². The first-order valence-corrected chi connectivity index (χ1v) is 7.94. The second kappa shape index (κ2) is 5.24. The van der Waals surface area contributed by atoms with Crippen LogP contribution in [0, 0.1) is 11.3 Å². The molecule has 0 aromatic heterocycles. The molecule has 1 unspecified atom stereocenters. The van der Waals surface area contributed by atoms with Crippen LogP contribution in [0.4, 0.5) is 5.69 Å². The summed E-state index contributed by atoms with van der Waals surface area (Å²) in [5, 5.41) is 0. The minimum atomic E-state index is -0.404. The zero-order valence-corrected chi connectivity index (χ0v) is 14.7. The van der Waals surface area contributed by atoms with Crippen molar-refractivity contribution in [3.05, 3.63) is 29.3 Å². The summed E-state index contributed by atoms with van der Waals surface area (Å²) < 4.78 is 6.13. The monoisotopic (exact) mass is 287 g/mol. The number of nitrogens with zero attached hydrogens (tertiary/aromatic N) is 1. The Morgan fingerprint density at radius 3 is 2.14 bits per heavy atom. The van der Waals surface area contributed by atoms with Gasteiger partial charge in [0.1, 0.15) is 5.60 Å². The van der Waals surface area contributed by atoms with Crippen LogP contribution >= 0.6 is 0 Å². The summed E-state index contributed by atoms with van der Waals surface area (Å²) in [6.07, 6.45) is 0. The molecule has 2 nitrogen and oxygen atoms in total. The smallest absolute Gasteiger partial charge is 0.136 e. The highest BCUT2D eigenvalue weighted by Gasteiger charge is 2.50. The van der Waals surface area contributed by atoms with Crippen molar-refractivity contribution in [3.8, 4) is 0 Å². The molecule has 1 aliphatic rings. The zero-order valence-electron chi connectivity index (χ0n) is 14.7. The topological polar surface area (TPSA) is 21.6 Å². The van der Waals surface area contributed by atoms with Gasteiger partial charge in [-0.1, -0.05) is 66.7 Å². The number of hydrogen-bond donors (Lipinski definition) is 0. The van der Waals surface area contributed by atoms with Gasteiger partial charge in [0.05, 0.1) is 11.4 Å². The van der Waals surface area contributed by atoms with Gasteiger partial charge in [0, 0.05) is 18.1 Å². The average molecular weight is 287 g/mol. The van der Waals surface area contributed by atoms with Gasteiger partial charge >= 0.3 is 0 Å². The summed E-state index contributed by atoms with van der Waals surface area (Å²) in [7, 11) is 1.82. The van der Waals surface area contributed by atoms with Gasteiger partial charge < -0.3 is 4.74 Å². The molecule has 1 aromatic rings. The number of rotatable bonds is 3. The Balaban J connectivity index is 2.79. The predicted molar refractivity (Wildman–Crippen MR) is 90.6 cm³/mol. The van der Waals surface area contributed by atoms with Crippen molar-refractivity contribution >= 4 is 11.4 Å². The molecule has 0 bridgehead atoms. The molecule has 2 heteroatoms. The van der Waals surface area contributed by atoms with Gasteiger partial charge in [-0.2, -0.15) is 0 Å². The first-order valence-electron chi connectivity index (χ1n) is 7.94. The molecular weight excluding hydrogens is 258 g/mol. The Kier molecular flexibility index (Phi) is 4.05. The van der Waals surface area contributed by atoms with Gasteiger partial charge in [-0.15, -0.1) is 0 Å². The van der Waals surface area contributed by atoms with Crippen LogP contribution in [0.25, 0.3) is 0 Å². The first kappa shape index (κ1) is 16.2. The Morgan fingerprint density at radius 1 is 1.10 bits per heavy atom. The molecule has 0 saturated heterocycles. The van der Waals surface area contributed by atoms with Gasteiger partial charge in [-0.3, -0.25) is 4.99 Å². The molecule has 0 radical (unpaired) electrons. The highest BCUT2D eigenvalue weighted by Crippen LogP contribution is 2.51. The van der Waals surface area contributed by atoms with Gasteiger partial charge in [0.25, 0.3) is 0 Å². The lowest BCUT2D eigenvalue weighted by molar-refractivity contribution is 0.00475. The normalized spacial score (nSPS) is 21.9. The number of fused-ring (bicyclic) bond motifs is 1. The van der Waals surface area contributed by atoms with E-state index in [2.05, 4.69) is 66.7 Å². The number of benzene rings is 1. The highest BCUT2D eigenvalue weighted by atomic mass is 16.5. The van der Waals surface area contributed by atoms with Crippen LogP contribution in [0.3, 0.4) is 0 Å². The van der Waals surface area contributed by atoms with E-state index in [1.807, 2.05) is 7.11 Å². The third kappa shape index (κ3) is 2.34. The first-order chi connectivity index (χ1) is 9.66. The molecule has 0 aliphatic carbocycles. The van der Waals surface area contributed by atoms with Crippen LogP contribution in [0.1, 0.15) is 65.5 Å². The van der Waals surface area contributed by atoms with Crippen molar-refractivity contribution in [2.75, 3.05) is 7.11 Å². The molecule has 0 saturated carbocycles. The zero-order chi connectivity index (χ0) is 16.0. The van der Waals surface area contributed by atoms with Crippen LogP contribution in [-0.4, -0.2) is 12.8 Å². The molecule has 1 aromatic carbocycles. The number of ether oxygens (including phenoxy) is 1. The van der Waals surface area contributed by atoms with E-state index in [0.717, 1.165) is 11.4 Å². The highest BCUT2D eigenvalue weighted by molar-refractivity contribution is 6.04. The summed E-state index contributed by atoms with van der Waals surface area (Å²) in [4.78, 5) is 5.08. The third-order valence-corrected chi connectivity index (χ3v) is 4.51. The van der Waals surface area contributed by atoms with Gasteiger partial charge in [0.2, 0.25) is 0 Å². The van der Waals surface area contributed by atoms with E-state index in [-0.39, 0.29) is 5.41 Å². The summed E-state index contributed by atoms with van der Waals surface area (Å²) in [5.41, 5.74) is 4.40. The molecule has 21 heavy (non-hydrogen) atoms. The van der Waals surface area contributed by atoms with E-state index in [1.165, 1.54) is 11.1 Å². The molecular formula is C19H29NO. The van der Waals surface area contributed by atoms with Crippen LogP contribution in [0.2, 0.25) is 0 Å². The molecule has 2 rings (SSSR count). The quantitative estimate of drug-likeness (QED) is 0.725. The SMILES string of the molecule is COC1(C(C)C)C(C(C)(C)C)=Nc2c(C(C)C)cccc21. The number of hydrogen-bond acceptors (Lipinski definition) is 2. The molecule has 1 aliphatic heterocycles. The lowest BCUT2D eigenvalue weighted by Gasteiger charge is -2.39. The van der Waals surface area contributed by atoms with E-state index in [4.69, 9.17) is 9.73 Å². The van der Waals surface area contributed by atoms with Crippen LogP contribution in [0.15, 0.2) is 23.2 Å². The van der Waals surface area contributed by atoms with E-state index < -0.39 is 5.60 Å². The molecule has 1 heterocycles. The summed E-state index contributed by atoms with van der Waals surface area (Å²) >= 11 is 0. The summed E-state index contributed by atoms with van der Waals surface area (Å²) in [5.74, 6) is 0.800. The minimum absolute atomic E-state index is 0.0203. The Morgan fingerprint density at radius 2 is 1.71 bits per heavy atom. The largest absolute Gasteiger partial charge is 0.367 e. The molecule has 116 valence electrons. The maximum atomic E-state index is 6.13. The molecule has 0 fully saturated rings. The maximum Gasteiger partial charge on any atom is 0.136 e. The van der Waals surface area contributed by atoms with Crippen molar-refractivity contribution in [2.24, 2.45) is 16.3 Å². The average Bonchev–Trinajstić information content (AvgIpc) is 2.73. The molecule has 0 amide bonds. The molecule has 0 spiro atoms. The third-order valence-electron chi connectivity index (χ3n) is 4.51. The van der Waals surface area contributed by atoms with Crippen molar-refractivity contribution in [1.82, 2.24) is 0 Å². The van der Waals surface area contributed by atoms with Gasteiger partial charge in [-0.25, -0.2) is 0 Å². The molecule has 0 N–H and O–H groups in total. The van der Waals surface area contributed by atoms with E-state index in [1.54, 1.807) is 0 Å². The van der Waals surface area contributed by atoms with E-state index in [9.17, 15) is 0 Å².